The van der Waals surface area contributed by atoms with Crippen LogP contribution in [0.2, 0.25) is 10.0 Å². The van der Waals surface area contributed by atoms with Crippen LogP contribution in [0.3, 0.4) is 0 Å². The van der Waals surface area contributed by atoms with E-state index in [2.05, 4.69) is 5.32 Å². The van der Waals surface area contributed by atoms with Crippen molar-refractivity contribution in [1.82, 2.24) is 0 Å². The molecule has 0 aliphatic heterocycles. The number of nitrogens with two attached hydrogens (primary N) is 1. The number of hydrogen-bond acceptors (Lipinski definition) is 3. The molecule has 6 heteroatoms. The molecule has 1 amide bonds. The van der Waals surface area contributed by atoms with E-state index in [1.807, 2.05) is 0 Å². The van der Waals surface area contributed by atoms with Crippen LogP contribution in [0.25, 0.3) is 0 Å². The van der Waals surface area contributed by atoms with Gasteiger partial charge in [-0.15, -0.1) is 0 Å². The summed E-state index contributed by atoms with van der Waals surface area (Å²) in [5.74, 6) is 0. The molecule has 1 saturated carbocycles. The summed E-state index contributed by atoms with van der Waals surface area (Å²) in [6.07, 6.45) is 1.84. The molecule has 0 bridgehead atoms. The Kier molecular flexibility index (Phi) is 4.32. The molecule has 0 heterocycles. The summed E-state index contributed by atoms with van der Waals surface area (Å²) < 4.78 is 5.25. The van der Waals surface area contributed by atoms with E-state index in [-0.39, 0.29) is 12.1 Å². The first kappa shape index (κ1) is 13.5. The Bertz CT molecular complexity index is 454. The highest BCUT2D eigenvalue weighted by atomic mass is 35.5. The van der Waals surface area contributed by atoms with Crippen LogP contribution in [0.15, 0.2) is 18.2 Å². The van der Waals surface area contributed by atoms with Crippen LogP contribution < -0.4 is 11.1 Å². The van der Waals surface area contributed by atoms with Gasteiger partial charge in [0, 0.05) is 11.7 Å². The highest BCUT2D eigenvalue weighted by Gasteiger charge is 2.24. The van der Waals surface area contributed by atoms with Crippen molar-refractivity contribution in [3.05, 3.63) is 28.2 Å². The van der Waals surface area contributed by atoms with Crippen molar-refractivity contribution in [2.75, 3.05) is 5.32 Å². The zero-order valence-corrected chi connectivity index (χ0v) is 11.2. The van der Waals surface area contributed by atoms with Gasteiger partial charge in [-0.05, 0) is 37.5 Å². The first-order chi connectivity index (χ1) is 8.54. The maximum absolute atomic E-state index is 11.6. The van der Waals surface area contributed by atoms with Crippen molar-refractivity contribution in [3.63, 3.8) is 0 Å². The fourth-order valence-electron chi connectivity index (χ4n) is 1.95. The minimum atomic E-state index is -0.493. The zero-order valence-electron chi connectivity index (χ0n) is 9.66. The summed E-state index contributed by atoms with van der Waals surface area (Å²) in [5.41, 5.74) is 6.30. The molecular weight excluding hydrogens is 275 g/mol. The number of hydrogen-bond donors (Lipinski definition) is 2. The number of carbonyl (C=O) groups is 1. The SMILES string of the molecule is NC1CCC(OC(=O)Nc2ccc(Cl)c(Cl)c2)C1. The van der Waals surface area contributed by atoms with Gasteiger partial charge in [-0.2, -0.15) is 0 Å². The van der Waals surface area contributed by atoms with Gasteiger partial charge < -0.3 is 10.5 Å². The van der Waals surface area contributed by atoms with E-state index in [1.54, 1.807) is 18.2 Å². The molecule has 98 valence electrons. The number of rotatable bonds is 2. The van der Waals surface area contributed by atoms with Gasteiger partial charge in [0.25, 0.3) is 0 Å². The lowest BCUT2D eigenvalue weighted by Crippen LogP contribution is -2.22. The van der Waals surface area contributed by atoms with Gasteiger partial charge in [0.2, 0.25) is 0 Å². The van der Waals surface area contributed by atoms with E-state index < -0.39 is 6.09 Å². The van der Waals surface area contributed by atoms with E-state index in [0.29, 0.717) is 15.7 Å². The first-order valence-electron chi connectivity index (χ1n) is 5.73. The summed E-state index contributed by atoms with van der Waals surface area (Å²) in [7, 11) is 0. The zero-order chi connectivity index (χ0) is 13.1. The van der Waals surface area contributed by atoms with Crippen LogP contribution in [0.4, 0.5) is 10.5 Å². The Balaban J connectivity index is 1.89. The summed E-state index contributed by atoms with van der Waals surface area (Å²) in [5, 5.41) is 3.44. The highest BCUT2D eigenvalue weighted by Crippen LogP contribution is 2.25. The second-order valence-corrected chi connectivity index (χ2v) is 5.17. The summed E-state index contributed by atoms with van der Waals surface area (Å²) in [6, 6.07) is 4.99. The van der Waals surface area contributed by atoms with Crippen LogP contribution in [0.5, 0.6) is 0 Å². The number of benzene rings is 1. The monoisotopic (exact) mass is 288 g/mol. The maximum Gasteiger partial charge on any atom is 0.411 e. The molecule has 4 nitrogen and oxygen atoms in total. The topological polar surface area (TPSA) is 64.3 Å². The van der Waals surface area contributed by atoms with E-state index in [0.717, 1.165) is 19.3 Å². The Labute approximate surface area is 115 Å². The first-order valence-corrected chi connectivity index (χ1v) is 6.48. The quantitative estimate of drug-likeness (QED) is 0.876. The Morgan fingerprint density at radius 3 is 2.72 bits per heavy atom. The van der Waals surface area contributed by atoms with Gasteiger partial charge in [-0.25, -0.2) is 4.79 Å². The third kappa shape index (κ3) is 3.51. The third-order valence-electron chi connectivity index (χ3n) is 2.86. The van der Waals surface area contributed by atoms with Crippen molar-refractivity contribution in [2.45, 2.75) is 31.4 Å². The van der Waals surface area contributed by atoms with Gasteiger partial charge in [0.15, 0.2) is 0 Å². The summed E-state index contributed by atoms with van der Waals surface area (Å²) >= 11 is 11.6. The molecule has 1 aliphatic carbocycles. The van der Waals surface area contributed by atoms with Gasteiger partial charge in [0.05, 0.1) is 10.0 Å². The third-order valence-corrected chi connectivity index (χ3v) is 3.60. The molecule has 18 heavy (non-hydrogen) atoms. The molecule has 0 radical (unpaired) electrons. The van der Waals surface area contributed by atoms with Crippen LogP contribution in [-0.4, -0.2) is 18.2 Å². The van der Waals surface area contributed by atoms with Crippen molar-refractivity contribution in [1.29, 1.82) is 0 Å². The minimum absolute atomic E-state index is 0.0947. The summed E-state index contributed by atoms with van der Waals surface area (Å²) in [6.45, 7) is 0. The lowest BCUT2D eigenvalue weighted by molar-refractivity contribution is 0.114. The Morgan fingerprint density at radius 2 is 2.11 bits per heavy atom. The predicted molar refractivity (Wildman–Crippen MR) is 72.2 cm³/mol. The summed E-state index contributed by atoms with van der Waals surface area (Å²) in [4.78, 5) is 11.6. The van der Waals surface area contributed by atoms with E-state index >= 15 is 0 Å². The average Bonchev–Trinajstić information content (AvgIpc) is 2.69. The fourth-order valence-corrected chi connectivity index (χ4v) is 2.25. The number of carbonyl (C=O) groups excluding carboxylic acids is 1. The second kappa shape index (κ2) is 5.78. The van der Waals surface area contributed by atoms with Crippen molar-refractivity contribution in [2.24, 2.45) is 5.73 Å². The molecule has 3 N–H and O–H groups in total. The minimum Gasteiger partial charge on any atom is -0.446 e. The van der Waals surface area contributed by atoms with E-state index in [9.17, 15) is 4.79 Å². The molecule has 2 unspecified atom stereocenters. The van der Waals surface area contributed by atoms with Crippen LogP contribution in [0.1, 0.15) is 19.3 Å². The fraction of sp³-hybridized carbons (Fsp3) is 0.417. The molecule has 1 aliphatic rings. The number of halogens is 2. The largest absolute Gasteiger partial charge is 0.446 e. The molecule has 1 fully saturated rings. The number of amides is 1. The maximum atomic E-state index is 11.6. The number of ether oxygens (including phenoxy) is 1. The predicted octanol–water partition coefficient (Wildman–Crippen LogP) is 3.42. The van der Waals surface area contributed by atoms with Crippen molar-refractivity contribution in [3.8, 4) is 0 Å². The van der Waals surface area contributed by atoms with Gasteiger partial charge in [-0.1, -0.05) is 23.2 Å². The molecule has 2 rings (SSSR count). The molecular formula is C12H14Cl2N2O2. The van der Waals surface area contributed by atoms with E-state index in [4.69, 9.17) is 33.7 Å². The standard InChI is InChI=1S/C12H14Cl2N2O2/c13-10-4-2-8(6-11(10)14)16-12(17)18-9-3-1-7(15)5-9/h2,4,6-7,9H,1,3,5,15H2,(H,16,17). The molecule has 0 aromatic heterocycles. The highest BCUT2D eigenvalue weighted by molar-refractivity contribution is 6.42. The molecule has 0 saturated heterocycles. The molecule has 1 aromatic rings. The Morgan fingerprint density at radius 1 is 1.33 bits per heavy atom. The molecule has 2 atom stereocenters. The number of anilines is 1. The Hall–Kier alpha value is -0.970. The number of nitrogens with one attached hydrogen (secondary N) is 1. The van der Waals surface area contributed by atoms with E-state index in [1.165, 1.54) is 0 Å². The van der Waals surface area contributed by atoms with Gasteiger partial charge in [-0.3, -0.25) is 5.32 Å². The van der Waals surface area contributed by atoms with Gasteiger partial charge in [0.1, 0.15) is 6.10 Å². The molecule has 1 aromatic carbocycles. The van der Waals surface area contributed by atoms with Crippen LogP contribution in [0, 0.1) is 0 Å². The molecule has 0 spiro atoms. The smallest absolute Gasteiger partial charge is 0.411 e. The second-order valence-electron chi connectivity index (χ2n) is 4.35. The van der Waals surface area contributed by atoms with Crippen molar-refractivity contribution >= 4 is 35.0 Å². The lowest BCUT2D eigenvalue weighted by atomic mass is 10.3. The van der Waals surface area contributed by atoms with Crippen LogP contribution in [-0.2, 0) is 4.74 Å². The normalized spacial score (nSPS) is 22.8. The lowest BCUT2D eigenvalue weighted by Gasteiger charge is -2.12. The van der Waals surface area contributed by atoms with Crippen molar-refractivity contribution < 1.29 is 9.53 Å². The van der Waals surface area contributed by atoms with Gasteiger partial charge >= 0.3 is 6.09 Å². The van der Waals surface area contributed by atoms with Crippen LogP contribution >= 0.6 is 23.2 Å². The average molecular weight is 289 g/mol.